The van der Waals surface area contributed by atoms with Crippen LogP contribution >= 0.6 is 0 Å². The number of aryl methyl sites for hydroxylation is 3. The number of rotatable bonds is 9. The first-order valence-electron chi connectivity index (χ1n) is 15.2. The number of carbonyl (C=O) groups excluding carboxylic acids is 2. The first-order valence-corrected chi connectivity index (χ1v) is 15.2. The van der Waals surface area contributed by atoms with E-state index in [9.17, 15) is 14.9 Å². The summed E-state index contributed by atoms with van der Waals surface area (Å²) < 4.78 is 1.72. The van der Waals surface area contributed by atoms with Gasteiger partial charge >= 0.3 is 0 Å². The SMILES string of the molecule is C=C(NC)c1ccc2c(c1)CCc1cc(C(=O)NC)ccc1C2(C[C@H](C)NCC(=O)N1[C@H](C#N)C[C@@H]2C[C@@H]21)c1nnnn1C. The Balaban J connectivity index is 1.43. The van der Waals surface area contributed by atoms with E-state index in [0.717, 1.165) is 59.2 Å². The van der Waals surface area contributed by atoms with E-state index in [1.807, 2.05) is 32.3 Å². The number of benzene rings is 2. The van der Waals surface area contributed by atoms with Crippen LogP contribution in [0.5, 0.6) is 0 Å². The monoisotopic (exact) mass is 593 g/mol. The molecule has 2 heterocycles. The number of amides is 2. The number of carbonyl (C=O) groups is 2. The molecule has 6 rings (SSSR count). The molecule has 2 fully saturated rings. The van der Waals surface area contributed by atoms with Crippen molar-refractivity contribution in [2.75, 3.05) is 20.6 Å². The molecule has 0 radical (unpaired) electrons. The van der Waals surface area contributed by atoms with E-state index >= 15 is 0 Å². The Hall–Kier alpha value is -4.56. The summed E-state index contributed by atoms with van der Waals surface area (Å²) in [7, 11) is 5.34. The van der Waals surface area contributed by atoms with Gasteiger partial charge in [-0.1, -0.05) is 24.8 Å². The van der Waals surface area contributed by atoms with Gasteiger partial charge in [-0.3, -0.25) is 9.59 Å². The van der Waals surface area contributed by atoms with Gasteiger partial charge in [-0.2, -0.15) is 5.26 Å². The van der Waals surface area contributed by atoms with E-state index < -0.39 is 5.41 Å². The molecule has 0 bridgehead atoms. The van der Waals surface area contributed by atoms with Gasteiger partial charge in [-0.25, -0.2) is 4.68 Å². The number of nitrogens with zero attached hydrogens (tertiary/aromatic N) is 6. The number of tetrazole rings is 1. The predicted molar refractivity (Wildman–Crippen MR) is 165 cm³/mol. The first kappa shape index (κ1) is 29.5. The number of likely N-dealkylation sites (tertiary alicyclic amines) is 1. The summed E-state index contributed by atoms with van der Waals surface area (Å²) in [6, 6.07) is 14.3. The molecule has 2 amide bonds. The van der Waals surface area contributed by atoms with Gasteiger partial charge in [0, 0.05) is 44.5 Å². The van der Waals surface area contributed by atoms with E-state index in [-0.39, 0.29) is 36.5 Å². The Labute approximate surface area is 257 Å². The van der Waals surface area contributed by atoms with E-state index in [1.54, 1.807) is 16.6 Å². The summed E-state index contributed by atoms with van der Waals surface area (Å²) >= 11 is 0. The third kappa shape index (κ3) is 4.93. The van der Waals surface area contributed by atoms with Crippen LogP contribution in [-0.2, 0) is 30.1 Å². The molecule has 1 aliphatic heterocycles. The van der Waals surface area contributed by atoms with Crippen molar-refractivity contribution in [2.45, 2.75) is 62.6 Å². The molecule has 3 aromatic rings. The summed E-state index contributed by atoms with van der Waals surface area (Å²) in [6.07, 6.45) is 3.80. The molecule has 1 saturated heterocycles. The molecule has 3 aliphatic rings. The molecule has 0 spiro atoms. The summed E-state index contributed by atoms with van der Waals surface area (Å²) in [5.41, 5.74) is 5.95. The molecule has 11 heteroatoms. The van der Waals surface area contributed by atoms with Crippen LogP contribution in [0, 0.1) is 17.2 Å². The fourth-order valence-electron chi connectivity index (χ4n) is 7.42. The van der Waals surface area contributed by atoms with Crippen LogP contribution in [0.4, 0.5) is 0 Å². The second-order valence-corrected chi connectivity index (χ2v) is 12.3. The minimum atomic E-state index is -0.792. The third-order valence-corrected chi connectivity index (χ3v) is 9.69. The minimum Gasteiger partial charge on any atom is -0.388 e. The lowest BCUT2D eigenvalue weighted by Gasteiger charge is -2.37. The highest BCUT2D eigenvalue weighted by molar-refractivity contribution is 5.94. The molecule has 2 aliphatic carbocycles. The average Bonchev–Trinajstić information content (AvgIpc) is 3.54. The maximum absolute atomic E-state index is 13.3. The normalized spacial score (nSPS) is 23.8. The maximum atomic E-state index is 13.3. The molecule has 11 nitrogen and oxygen atoms in total. The number of fused-ring (bicyclic) bond motifs is 3. The number of aromatic nitrogens is 4. The minimum absolute atomic E-state index is 0.0325. The van der Waals surface area contributed by atoms with Crippen LogP contribution in [0.3, 0.4) is 0 Å². The van der Waals surface area contributed by atoms with Gasteiger partial charge in [-0.15, -0.1) is 5.10 Å². The van der Waals surface area contributed by atoms with Crippen molar-refractivity contribution in [1.29, 1.82) is 5.26 Å². The summed E-state index contributed by atoms with van der Waals surface area (Å²) in [5.74, 6) is 0.974. The highest BCUT2D eigenvalue weighted by Crippen LogP contribution is 2.49. The smallest absolute Gasteiger partial charge is 0.251 e. The van der Waals surface area contributed by atoms with Crippen molar-refractivity contribution in [3.8, 4) is 6.07 Å². The van der Waals surface area contributed by atoms with Crippen molar-refractivity contribution in [2.24, 2.45) is 13.0 Å². The lowest BCUT2D eigenvalue weighted by Crippen LogP contribution is -2.46. The van der Waals surface area contributed by atoms with E-state index in [1.165, 1.54) is 0 Å². The van der Waals surface area contributed by atoms with Gasteiger partial charge in [0.05, 0.1) is 18.0 Å². The number of hydrogen-bond acceptors (Lipinski definition) is 8. The first-order chi connectivity index (χ1) is 21.2. The predicted octanol–water partition coefficient (Wildman–Crippen LogP) is 2.07. The Morgan fingerprint density at radius 2 is 1.77 bits per heavy atom. The molecule has 228 valence electrons. The second kappa shape index (κ2) is 11.5. The highest BCUT2D eigenvalue weighted by atomic mass is 16.2. The van der Waals surface area contributed by atoms with E-state index in [0.29, 0.717) is 23.7 Å². The van der Waals surface area contributed by atoms with Crippen molar-refractivity contribution < 1.29 is 9.59 Å². The molecular formula is C33H39N9O2. The number of piperidine rings is 1. The molecule has 2 aromatic carbocycles. The van der Waals surface area contributed by atoms with Crippen LogP contribution < -0.4 is 16.0 Å². The second-order valence-electron chi connectivity index (χ2n) is 12.3. The summed E-state index contributed by atoms with van der Waals surface area (Å²) in [5, 5.41) is 31.9. The van der Waals surface area contributed by atoms with Crippen LogP contribution in [0.15, 0.2) is 43.0 Å². The Morgan fingerprint density at radius 3 is 2.39 bits per heavy atom. The standard InChI is InChI=1S/C33H39N9O2/c1-19(37-18-30(43)42-26(17-34)14-25-15-29(25)42)16-33(32-38-39-40-41(32)5)27-10-8-21(20(2)35-3)12-22(27)6-7-23-13-24(31(44)36-4)9-11-28(23)33/h8-13,19,25-26,29,35,37H,2,6-7,14-16,18H2,1,3-5H3,(H,36,44)/t19-,25+,26-,29-,33?/m0/s1. The number of nitriles is 1. The van der Waals surface area contributed by atoms with Gasteiger partial charge < -0.3 is 20.9 Å². The third-order valence-electron chi connectivity index (χ3n) is 9.69. The lowest BCUT2D eigenvalue weighted by molar-refractivity contribution is -0.131. The Bertz CT molecular complexity index is 1600. The van der Waals surface area contributed by atoms with Gasteiger partial charge in [0.25, 0.3) is 5.91 Å². The quantitative estimate of drug-likeness (QED) is 0.343. The number of hydrogen-bond donors (Lipinski definition) is 3. The van der Waals surface area contributed by atoms with Crippen LogP contribution in [0.25, 0.3) is 5.70 Å². The summed E-state index contributed by atoms with van der Waals surface area (Å²) in [4.78, 5) is 27.8. The van der Waals surface area contributed by atoms with Crippen molar-refractivity contribution in [3.05, 3.63) is 82.2 Å². The topological polar surface area (TPSA) is 141 Å². The zero-order valence-corrected chi connectivity index (χ0v) is 25.7. The molecule has 1 aromatic heterocycles. The maximum Gasteiger partial charge on any atom is 0.251 e. The van der Waals surface area contributed by atoms with Crippen LogP contribution in [-0.4, -0.2) is 75.7 Å². The fraction of sp³-hybridized carbons (Fsp3) is 0.455. The molecular weight excluding hydrogens is 554 g/mol. The largest absolute Gasteiger partial charge is 0.388 e. The van der Waals surface area contributed by atoms with Gasteiger partial charge in [0.2, 0.25) is 5.91 Å². The van der Waals surface area contributed by atoms with E-state index in [2.05, 4.69) is 69.2 Å². The van der Waals surface area contributed by atoms with Crippen LogP contribution in [0.1, 0.15) is 70.2 Å². The zero-order valence-electron chi connectivity index (χ0n) is 25.7. The van der Waals surface area contributed by atoms with Crippen molar-refractivity contribution in [1.82, 2.24) is 41.1 Å². The van der Waals surface area contributed by atoms with Crippen molar-refractivity contribution in [3.63, 3.8) is 0 Å². The van der Waals surface area contributed by atoms with E-state index in [4.69, 9.17) is 0 Å². The van der Waals surface area contributed by atoms with Crippen molar-refractivity contribution >= 4 is 17.5 Å². The average molecular weight is 594 g/mol. The number of nitrogens with one attached hydrogen (secondary N) is 3. The van der Waals surface area contributed by atoms with Crippen LogP contribution in [0.2, 0.25) is 0 Å². The Kier molecular flexibility index (Phi) is 7.72. The summed E-state index contributed by atoms with van der Waals surface area (Å²) in [6.45, 7) is 6.40. The zero-order chi connectivity index (χ0) is 31.2. The molecule has 1 unspecified atom stereocenters. The van der Waals surface area contributed by atoms with Gasteiger partial charge in [0.1, 0.15) is 6.04 Å². The lowest BCUT2D eigenvalue weighted by atomic mass is 9.67. The molecule has 1 saturated carbocycles. The van der Waals surface area contributed by atoms with Gasteiger partial charge in [0.15, 0.2) is 5.82 Å². The molecule has 5 atom stereocenters. The fourth-order valence-corrected chi connectivity index (χ4v) is 7.42. The van der Waals surface area contributed by atoms with Gasteiger partial charge in [-0.05, 0) is 101 Å². The Morgan fingerprint density at radius 1 is 1.09 bits per heavy atom. The molecule has 44 heavy (non-hydrogen) atoms. The molecule has 3 N–H and O–H groups in total. The highest BCUT2D eigenvalue weighted by Gasteiger charge is 2.54.